The number of anilines is 1. The van der Waals surface area contributed by atoms with E-state index in [1.807, 2.05) is 4.90 Å². The Kier molecular flexibility index (Phi) is 3.59. The third kappa shape index (κ3) is 2.49. The van der Waals surface area contributed by atoms with Crippen LogP contribution in [0.15, 0.2) is 18.2 Å². The molecule has 1 saturated carbocycles. The summed E-state index contributed by atoms with van der Waals surface area (Å²) in [6.45, 7) is 3.02. The van der Waals surface area contributed by atoms with Gasteiger partial charge in [0.05, 0.1) is 17.1 Å². The second-order valence-electron chi connectivity index (χ2n) is 6.15. The van der Waals surface area contributed by atoms with Gasteiger partial charge in [0.1, 0.15) is 5.69 Å². The van der Waals surface area contributed by atoms with E-state index >= 15 is 0 Å². The van der Waals surface area contributed by atoms with Gasteiger partial charge in [-0.3, -0.25) is 10.1 Å². The zero-order chi connectivity index (χ0) is 15.1. The van der Waals surface area contributed by atoms with E-state index in [0.29, 0.717) is 23.7 Å². The summed E-state index contributed by atoms with van der Waals surface area (Å²) in [6.07, 6.45) is 0.821. The Morgan fingerprint density at radius 1 is 1.38 bits per heavy atom. The smallest absolute Gasteiger partial charge is 0.292 e. The van der Waals surface area contributed by atoms with Gasteiger partial charge in [0.2, 0.25) is 0 Å². The van der Waals surface area contributed by atoms with E-state index < -0.39 is 11.0 Å². The maximum Gasteiger partial charge on any atom is 0.292 e. The Morgan fingerprint density at radius 3 is 2.76 bits per heavy atom. The van der Waals surface area contributed by atoms with Crippen LogP contribution in [-0.4, -0.2) is 34.3 Å². The molecule has 0 radical (unpaired) electrons. The van der Waals surface area contributed by atoms with Gasteiger partial charge in [0.15, 0.2) is 0 Å². The van der Waals surface area contributed by atoms with Crippen molar-refractivity contribution in [2.24, 2.45) is 11.8 Å². The van der Waals surface area contributed by atoms with Crippen LogP contribution in [0.5, 0.6) is 0 Å². The fraction of sp³-hybridized carbons (Fsp3) is 0.600. The molecule has 3 unspecified atom stereocenters. The fourth-order valence-electron chi connectivity index (χ4n) is 3.65. The Bertz CT molecular complexity index is 561. The van der Waals surface area contributed by atoms with E-state index in [4.69, 9.17) is 0 Å². The Balaban J connectivity index is 1.90. The summed E-state index contributed by atoms with van der Waals surface area (Å²) in [5.41, 5.74) is 1.17. The lowest BCUT2D eigenvalue weighted by molar-refractivity contribution is -0.384. The Hall–Kier alpha value is -1.66. The van der Waals surface area contributed by atoms with Crippen molar-refractivity contribution in [3.63, 3.8) is 0 Å². The first-order chi connectivity index (χ1) is 9.97. The average molecular weight is 292 g/mol. The van der Waals surface area contributed by atoms with Crippen LogP contribution >= 0.6 is 0 Å². The average Bonchev–Trinajstić information content (AvgIpc) is 3.00. The summed E-state index contributed by atoms with van der Waals surface area (Å²) in [5.74, 6) is 0.650. The second kappa shape index (κ2) is 5.27. The molecule has 0 amide bonds. The third-order valence-corrected chi connectivity index (χ3v) is 4.84. The van der Waals surface area contributed by atoms with Crippen molar-refractivity contribution >= 4 is 11.4 Å². The third-order valence-electron chi connectivity index (χ3n) is 4.84. The molecule has 1 aliphatic carbocycles. The topological polar surface area (TPSA) is 86.8 Å². The molecule has 6 nitrogen and oxygen atoms in total. The van der Waals surface area contributed by atoms with Crippen LogP contribution in [0.4, 0.5) is 11.4 Å². The largest absolute Gasteiger partial charge is 0.393 e. The highest BCUT2D eigenvalue weighted by atomic mass is 16.6. The standard InChI is InChI=1S/C15H20N2O4/c1-9(18)10-2-4-13(14(6-10)17(20)21)16-7-11-3-5-15(19)12(11)8-16/h2,4,6,9,11-12,15,18-19H,3,5,7-8H2,1H3/t9-,11?,12?,15?/m0/s1. The van der Waals surface area contributed by atoms with E-state index in [1.54, 1.807) is 19.1 Å². The van der Waals surface area contributed by atoms with Crippen LogP contribution in [0.2, 0.25) is 0 Å². The first kappa shape index (κ1) is 14.3. The number of fused-ring (bicyclic) bond motifs is 1. The van der Waals surface area contributed by atoms with Crippen molar-refractivity contribution in [1.82, 2.24) is 0 Å². The minimum Gasteiger partial charge on any atom is -0.393 e. The summed E-state index contributed by atoms with van der Waals surface area (Å²) in [4.78, 5) is 12.9. The molecule has 0 bridgehead atoms. The number of nitro benzene ring substituents is 1. The van der Waals surface area contributed by atoms with Gasteiger partial charge in [0.25, 0.3) is 5.69 Å². The predicted molar refractivity (Wildman–Crippen MR) is 78.2 cm³/mol. The zero-order valence-electron chi connectivity index (χ0n) is 12.0. The van der Waals surface area contributed by atoms with E-state index in [9.17, 15) is 20.3 Å². The van der Waals surface area contributed by atoms with Gasteiger partial charge in [-0.25, -0.2) is 0 Å². The van der Waals surface area contributed by atoms with Gasteiger partial charge >= 0.3 is 0 Å². The van der Waals surface area contributed by atoms with Crippen molar-refractivity contribution < 1.29 is 15.1 Å². The number of rotatable bonds is 3. The number of aliphatic hydroxyl groups is 2. The molecule has 2 N–H and O–H groups in total. The molecule has 2 aliphatic rings. The maximum atomic E-state index is 11.3. The molecular weight excluding hydrogens is 272 g/mol. The lowest BCUT2D eigenvalue weighted by Crippen LogP contribution is -2.25. The molecule has 4 atom stereocenters. The van der Waals surface area contributed by atoms with Gasteiger partial charge in [-0.15, -0.1) is 0 Å². The quantitative estimate of drug-likeness (QED) is 0.656. The molecule has 114 valence electrons. The number of hydrogen-bond donors (Lipinski definition) is 2. The summed E-state index contributed by atoms with van der Waals surface area (Å²) < 4.78 is 0. The number of aliphatic hydroxyl groups excluding tert-OH is 2. The summed E-state index contributed by atoms with van der Waals surface area (Å²) in [6, 6.07) is 4.90. The van der Waals surface area contributed by atoms with Crippen molar-refractivity contribution in [3.05, 3.63) is 33.9 Å². The minimum absolute atomic E-state index is 0.0304. The Labute approximate surface area is 123 Å². The first-order valence-corrected chi connectivity index (χ1v) is 7.36. The van der Waals surface area contributed by atoms with Gasteiger partial charge in [-0.1, -0.05) is 6.07 Å². The second-order valence-corrected chi connectivity index (χ2v) is 6.15. The van der Waals surface area contributed by atoms with Crippen molar-refractivity contribution in [1.29, 1.82) is 0 Å². The molecule has 21 heavy (non-hydrogen) atoms. The van der Waals surface area contributed by atoms with Crippen molar-refractivity contribution in [3.8, 4) is 0 Å². The molecule has 0 aromatic heterocycles. The fourth-order valence-corrected chi connectivity index (χ4v) is 3.65. The molecule has 3 rings (SSSR count). The summed E-state index contributed by atoms with van der Waals surface area (Å²) in [5, 5.41) is 30.9. The molecule has 1 aromatic rings. The zero-order valence-corrected chi connectivity index (χ0v) is 12.0. The first-order valence-electron chi connectivity index (χ1n) is 7.36. The van der Waals surface area contributed by atoms with Crippen molar-refractivity contribution in [2.45, 2.75) is 32.0 Å². The molecule has 2 fully saturated rings. The van der Waals surface area contributed by atoms with Crippen LogP contribution in [-0.2, 0) is 0 Å². The van der Waals surface area contributed by atoms with Gasteiger partial charge in [-0.05, 0) is 37.3 Å². The lowest BCUT2D eigenvalue weighted by Gasteiger charge is -2.21. The van der Waals surface area contributed by atoms with Crippen LogP contribution < -0.4 is 4.90 Å². The highest BCUT2D eigenvalue weighted by Crippen LogP contribution is 2.42. The van der Waals surface area contributed by atoms with E-state index in [-0.39, 0.29) is 17.7 Å². The van der Waals surface area contributed by atoms with Gasteiger partial charge in [0, 0.05) is 25.1 Å². The van der Waals surface area contributed by atoms with E-state index in [1.165, 1.54) is 6.07 Å². The summed E-state index contributed by atoms with van der Waals surface area (Å²) in [7, 11) is 0. The SMILES string of the molecule is C[C@H](O)c1ccc(N2CC3CCC(O)C3C2)c([N+](=O)[O-])c1. The van der Waals surface area contributed by atoms with Crippen LogP contribution in [0.1, 0.15) is 31.4 Å². The van der Waals surface area contributed by atoms with Gasteiger partial charge < -0.3 is 15.1 Å². The molecule has 6 heteroatoms. The normalized spacial score (nSPS) is 29.5. The monoisotopic (exact) mass is 292 g/mol. The lowest BCUT2D eigenvalue weighted by atomic mass is 10.00. The Morgan fingerprint density at radius 2 is 2.14 bits per heavy atom. The highest BCUT2D eigenvalue weighted by Gasteiger charge is 2.43. The molecule has 1 heterocycles. The molecule has 1 saturated heterocycles. The van der Waals surface area contributed by atoms with Crippen LogP contribution in [0.25, 0.3) is 0 Å². The highest BCUT2D eigenvalue weighted by molar-refractivity contribution is 5.65. The van der Waals surface area contributed by atoms with E-state index in [0.717, 1.165) is 19.4 Å². The minimum atomic E-state index is -0.725. The number of nitro groups is 1. The number of benzene rings is 1. The van der Waals surface area contributed by atoms with Crippen molar-refractivity contribution in [2.75, 3.05) is 18.0 Å². The molecule has 1 aromatic carbocycles. The number of nitrogens with zero attached hydrogens (tertiary/aromatic N) is 2. The van der Waals surface area contributed by atoms with Crippen LogP contribution in [0.3, 0.4) is 0 Å². The maximum absolute atomic E-state index is 11.3. The summed E-state index contributed by atoms with van der Waals surface area (Å²) >= 11 is 0. The predicted octanol–water partition coefficient (Wildman–Crippen LogP) is 1.86. The molecular formula is C15H20N2O4. The van der Waals surface area contributed by atoms with Gasteiger partial charge in [-0.2, -0.15) is 0 Å². The van der Waals surface area contributed by atoms with E-state index in [2.05, 4.69) is 0 Å². The molecule has 0 spiro atoms. The van der Waals surface area contributed by atoms with Crippen LogP contribution in [0, 0.1) is 22.0 Å². The molecule has 1 aliphatic heterocycles. The number of hydrogen-bond acceptors (Lipinski definition) is 5.